The van der Waals surface area contributed by atoms with Crippen LogP contribution in [-0.2, 0) is 16.6 Å². The van der Waals surface area contributed by atoms with Crippen LogP contribution in [0.1, 0.15) is 11.3 Å². The lowest BCUT2D eigenvalue weighted by Crippen LogP contribution is -2.23. The van der Waals surface area contributed by atoms with E-state index in [1.807, 2.05) is 6.92 Å². The quantitative estimate of drug-likeness (QED) is 0.677. The first-order valence-electron chi connectivity index (χ1n) is 8.46. The van der Waals surface area contributed by atoms with Crippen molar-refractivity contribution in [1.82, 2.24) is 9.88 Å². The monoisotopic (exact) mass is 402 g/mol. The molecule has 3 aromatic rings. The van der Waals surface area contributed by atoms with Crippen molar-refractivity contribution >= 4 is 10.0 Å². The van der Waals surface area contributed by atoms with E-state index in [9.17, 15) is 8.42 Å². The zero-order valence-corrected chi connectivity index (χ0v) is 16.1. The second-order valence-electron chi connectivity index (χ2n) is 6.21. The number of hydrogen-bond donors (Lipinski definition) is 1. The zero-order valence-electron chi connectivity index (χ0n) is 15.3. The first-order chi connectivity index (χ1) is 13.5. The van der Waals surface area contributed by atoms with Gasteiger partial charge in [-0.2, -0.15) is 0 Å². The molecular formula is C19H18N2O6S. The lowest BCUT2D eigenvalue weighted by Gasteiger charge is -2.12. The molecule has 0 bridgehead atoms. The maximum absolute atomic E-state index is 12.8. The normalized spacial score (nSPS) is 12.9. The van der Waals surface area contributed by atoms with E-state index in [0.717, 1.165) is 11.3 Å². The molecule has 4 rings (SSSR count). The summed E-state index contributed by atoms with van der Waals surface area (Å²) in [6.45, 7) is 2.08. The molecule has 0 fully saturated rings. The summed E-state index contributed by atoms with van der Waals surface area (Å²) in [7, 11) is -2.38. The minimum absolute atomic E-state index is 0.0377. The van der Waals surface area contributed by atoms with Gasteiger partial charge in [-0.3, -0.25) is 0 Å². The molecule has 1 aliphatic heterocycles. The van der Waals surface area contributed by atoms with Crippen molar-refractivity contribution in [2.75, 3.05) is 13.9 Å². The van der Waals surface area contributed by atoms with Crippen molar-refractivity contribution in [2.45, 2.75) is 18.4 Å². The Hall–Kier alpha value is -3.04. The van der Waals surface area contributed by atoms with Crippen LogP contribution in [0.5, 0.6) is 17.2 Å². The topological polar surface area (TPSA) is 99.9 Å². The van der Waals surface area contributed by atoms with Gasteiger partial charge in [0, 0.05) is 18.2 Å². The predicted molar refractivity (Wildman–Crippen MR) is 99.8 cm³/mol. The van der Waals surface area contributed by atoms with Gasteiger partial charge in [0.2, 0.25) is 16.8 Å². The van der Waals surface area contributed by atoms with Crippen LogP contribution in [0.25, 0.3) is 11.3 Å². The summed E-state index contributed by atoms with van der Waals surface area (Å²) in [5.74, 6) is 1.99. The van der Waals surface area contributed by atoms with Crippen molar-refractivity contribution in [3.05, 3.63) is 53.7 Å². The van der Waals surface area contributed by atoms with Gasteiger partial charge in [0.1, 0.15) is 10.6 Å². The van der Waals surface area contributed by atoms with Crippen LogP contribution >= 0.6 is 0 Å². The van der Waals surface area contributed by atoms with Crippen LogP contribution < -0.4 is 18.9 Å². The number of hydrogen-bond acceptors (Lipinski definition) is 7. The van der Waals surface area contributed by atoms with Crippen LogP contribution in [0, 0.1) is 6.92 Å². The molecule has 0 aliphatic carbocycles. The zero-order chi connectivity index (χ0) is 19.7. The molecule has 0 atom stereocenters. The molecule has 0 saturated carbocycles. The molecule has 1 aromatic heterocycles. The molecule has 2 heterocycles. The van der Waals surface area contributed by atoms with Gasteiger partial charge in [0.25, 0.3) is 0 Å². The fraction of sp³-hybridized carbons (Fsp3) is 0.211. The average Bonchev–Trinajstić information content (AvgIpc) is 3.34. The molecule has 0 amide bonds. The Morgan fingerprint density at radius 2 is 1.93 bits per heavy atom. The third-order valence-electron chi connectivity index (χ3n) is 4.27. The number of ether oxygens (including phenoxy) is 3. The number of nitrogens with one attached hydrogen (secondary N) is 1. The van der Waals surface area contributed by atoms with E-state index in [4.69, 9.17) is 18.7 Å². The lowest BCUT2D eigenvalue weighted by atomic mass is 10.1. The van der Waals surface area contributed by atoms with Gasteiger partial charge in [-0.15, -0.1) is 0 Å². The van der Waals surface area contributed by atoms with Crippen LogP contribution in [0.2, 0.25) is 0 Å². The van der Waals surface area contributed by atoms with Gasteiger partial charge in [-0.25, -0.2) is 13.1 Å². The Morgan fingerprint density at radius 3 is 2.68 bits per heavy atom. The summed E-state index contributed by atoms with van der Waals surface area (Å²) in [6.07, 6.45) is 0. The fourth-order valence-electron chi connectivity index (χ4n) is 2.85. The SMILES string of the molecule is COc1cc(-c2cc(C)no2)ccc1S(=O)(=O)NCc1ccc2c(c1)OCO2. The highest BCUT2D eigenvalue weighted by molar-refractivity contribution is 7.89. The Labute approximate surface area is 162 Å². The second-order valence-corrected chi connectivity index (χ2v) is 7.95. The lowest BCUT2D eigenvalue weighted by molar-refractivity contribution is 0.174. The summed E-state index contributed by atoms with van der Waals surface area (Å²) < 4.78 is 49.3. The Kier molecular flexibility index (Phi) is 4.70. The van der Waals surface area contributed by atoms with Crippen LogP contribution in [-0.4, -0.2) is 27.5 Å². The molecule has 0 radical (unpaired) electrons. The van der Waals surface area contributed by atoms with Crippen LogP contribution in [0.3, 0.4) is 0 Å². The number of aromatic nitrogens is 1. The molecule has 0 spiro atoms. The number of methoxy groups -OCH3 is 1. The number of rotatable bonds is 6. The Morgan fingerprint density at radius 1 is 1.11 bits per heavy atom. The smallest absolute Gasteiger partial charge is 0.244 e. The molecule has 2 aromatic carbocycles. The molecule has 0 saturated heterocycles. The predicted octanol–water partition coefficient (Wildman–Crippen LogP) is 2.87. The maximum atomic E-state index is 12.8. The average molecular weight is 402 g/mol. The highest BCUT2D eigenvalue weighted by Gasteiger charge is 2.21. The van der Waals surface area contributed by atoms with Gasteiger partial charge in [0.15, 0.2) is 17.3 Å². The van der Waals surface area contributed by atoms with E-state index in [2.05, 4.69) is 9.88 Å². The summed E-state index contributed by atoms with van der Waals surface area (Å²) in [5, 5.41) is 3.84. The fourth-order valence-corrected chi connectivity index (χ4v) is 4.02. The Bertz CT molecular complexity index is 1120. The summed E-state index contributed by atoms with van der Waals surface area (Å²) in [5.41, 5.74) is 2.16. The number of aryl methyl sites for hydroxylation is 1. The second kappa shape index (κ2) is 7.17. The minimum Gasteiger partial charge on any atom is -0.495 e. The number of fused-ring (bicyclic) bond motifs is 1. The van der Waals surface area contributed by atoms with Gasteiger partial charge in [-0.1, -0.05) is 11.2 Å². The highest BCUT2D eigenvalue weighted by Crippen LogP contribution is 2.33. The first-order valence-corrected chi connectivity index (χ1v) is 9.94. The van der Waals surface area contributed by atoms with Crippen LogP contribution in [0.4, 0.5) is 0 Å². The van der Waals surface area contributed by atoms with Gasteiger partial charge >= 0.3 is 0 Å². The molecule has 9 heteroatoms. The van der Waals surface area contributed by atoms with E-state index in [-0.39, 0.29) is 24.0 Å². The largest absolute Gasteiger partial charge is 0.495 e. The molecule has 1 N–H and O–H groups in total. The molecule has 1 aliphatic rings. The molecule has 146 valence electrons. The molecule has 0 unspecified atom stereocenters. The van der Waals surface area contributed by atoms with E-state index in [0.29, 0.717) is 22.8 Å². The third kappa shape index (κ3) is 3.54. The van der Waals surface area contributed by atoms with Crippen molar-refractivity contribution in [1.29, 1.82) is 0 Å². The highest BCUT2D eigenvalue weighted by atomic mass is 32.2. The molecule has 8 nitrogen and oxygen atoms in total. The number of nitrogens with zero attached hydrogens (tertiary/aromatic N) is 1. The summed E-state index contributed by atoms with van der Waals surface area (Å²) >= 11 is 0. The standard InChI is InChI=1S/C19H18N2O6S/c1-12-7-16(27-21-12)14-4-6-19(18(9-14)24-2)28(22,23)20-10-13-3-5-15-17(8-13)26-11-25-15/h3-9,20H,10-11H2,1-2H3. The van der Waals surface area contributed by atoms with Gasteiger partial charge in [0.05, 0.1) is 12.8 Å². The third-order valence-corrected chi connectivity index (χ3v) is 5.71. The number of sulfonamides is 1. The van der Waals surface area contributed by atoms with Crippen LogP contribution in [0.15, 0.2) is 51.9 Å². The summed E-state index contributed by atoms with van der Waals surface area (Å²) in [6, 6.07) is 11.8. The van der Waals surface area contributed by atoms with E-state index in [1.54, 1.807) is 36.4 Å². The van der Waals surface area contributed by atoms with Gasteiger partial charge in [-0.05, 0) is 42.8 Å². The molecular weight excluding hydrogens is 384 g/mol. The van der Waals surface area contributed by atoms with E-state index < -0.39 is 10.0 Å². The maximum Gasteiger partial charge on any atom is 0.244 e. The molecule has 28 heavy (non-hydrogen) atoms. The van der Waals surface area contributed by atoms with Crippen molar-refractivity contribution in [3.63, 3.8) is 0 Å². The van der Waals surface area contributed by atoms with Crippen molar-refractivity contribution in [2.24, 2.45) is 0 Å². The van der Waals surface area contributed by atoms with E-state index >= 15 is 0 Å². The minimum atomic E-state index is -3.80. The van der Waals surface area contributed by atoms with Crippen molar-refractivity contribution in [3.8, 4) is 28.6 Å². The first kappa shape index (κ1) is 18.3. The summed E-state index contributed by atoms with van der Waals surface area (Å²) in [4.78, 5) is 0.0377. The van der Waals surface area contributed by atoms with Crippen molar-refractivity contribution < 1.29 is 27.2 Å². The Balaban J connectivity index is 1.56. The number of benzene rings is 2. The van der Waals surface area contributed by atoms with Gasteiger partial charge < -0.3 is 18.7 Å². The van der Waals surface area contributed by atoms with E-state index in [1.165, 1.54) is 13.2 Å².